The molecule has 4 rings (SSSR count). The molecule has 158 valence electrons. The van der Waals surface area contributed by atoms with Gasteiger partial charge >= 0.3 is 5.97 Å². The Balaban J connectivity index is 1.61. The molecular weight excluding hydrogens is 396 g/mol. The fraction of sp³-hybridized carbons (Fsp3) is 0.304. The minimum atomic E-state index is -0.847. The third kappa shape index (κ3) is 3.82. The van der Waals surface area contributed by atoms with Gasteiger partial charge in [-0.05, 0) is 30.9 Å². The van der Waals surface area contributed by atoms with Gasteiger partial charge in [-0.15, -0.1) is 0 Å². The number of rotatable bonds is 5. The number of aliphatic carboxylic acids is 1. The molecular formula is C23H22N4O4. The third-order valence-corrected chi connectivity index (χ3v) is 5.99. The molecule has 8 heteroatoms. The minimum Gasteiger partial charge on any atom is -0.495 e. The van der Waals surface area contributed by atoms with E-state index in [1.54, 1.807) is 6.07 Å². The van der Waals surface area contributed by atoms with Gasteiger partial charge in [-0.25, -0.2) is 4.98 Å². The molecule has 0 radical (unpaired) electrons. The number of aromatic nitrogens is 2. The average Bonchev–Trinajstić information content (AvgIpc) is 2.79. The van der Waals surface area contributed by atoms with E-state index in [2.05, 4.69) is 9.97 Å². The van der Waals surface area contributed by atoms with E-state index in [1.807, 2.05) is 41.3 Å². The van der Waals surface area contributed by atoms with Gasteiger partial charge < -0.3 is 14.7 Å². The van der Waals surface area contributed by atoms with Crippen molar-refractivity contribution < 1.29 is 14.6 Å². The summed E-state index contributed by atoms with van der Waals surface area (Å²) in [7, 11) is 1.46. The standard InChI is InChI=1S/C23H22N4O4/c1-31-19-12-18-17(11-16(19)14-24)20(28)26-22(25-18)27-9-7-23(8-10-27,21(29)30)13-15-5-3-2-4-6-15/h2-6,11-12H,7-10,13H2,1H3,(H,29,30)(H,25,26,28). The molecule has 3 aromatic rings. The van der Waals surface area contributed by atoms with Gasteiger partial charge in [-0.3, -0.25) is 14.6 Å². The fourth-order valence-electron chi connectivity index (χ4n) is 4.16. The van der Waals surface area contributed by atoms with E-state index in [0.29, 0.717) is 55.0 Å². The van der Waals surface area contributed by atoms with Gasteiger partial charge in [0.1, 0.15) is 11.8 Å². The maximum atomic E-state index is 12.6. The number of hydrogen-bond donors (Lipinski definition) is 2. The second-order valence-electron chi connectivity index (χ2n) is 7.81. The number of fused-ring (bicyclic) bond motifs is 1. The summed E-state index contributed by atoms with van der Waals surface area (Å²) in [4.78, 5) is 34.0. The molecule has 2 N–H and O–H groups in total. The summed E-state index contributed by atoms with van der Waals surface area (Å²) in [6.45, 7) is 0.919. The van der Waals surface area contributed by atoms with Crippen molar-refractivity contribution in [3.63, 3.8) is 0 Å². The molecule has 1 aliphatic rings. The maximum Gasteiger partial charge on any atom is 0.310 e. The van der Waals surface area contributed by atoms with Gasteiger partial charge in [0.15, 0.2) is 0 Å². The monoisotopic (exact) mass is 418 g/mol. The molecule has 0 saturated carbocycles. The third-order valence-electron chi connectivity index (χ3n) is 5.99. The van der Waals surface area contributed by atoms with E-state index in [0.717, 1.165) is 5.56 Å². The van der Waals surface area contributed by atoms with Crippen molar-refractivity contribution in [2.75, 3.05) is 25.1 Å². The van der Waals surface area contributed by atoms with Crippen molar-refractivity contribution >= 4 is 22.8 Å². The number of benzene rings is 2. The fourth-order valence-corrected chi connectivity index (χ4v) is 4.16. The molecule has 0 bridgehead atoms. The van der Waals surface area contributed by atoms with Crippen molar-refractivity contribution in [3.8, 4) is 11.8 Å². The second-order valence-corrected chi connectivity index (χ2v) is 7.81. The number of carboxylic acid groups (broad SMARTS) is 1. The van der Waals surface area contributed by atoms with Crippen LogP contribution in [0.1, 0.15) is 24.0 Å². The van der Waals surface area contributed by atoms with Crippen LogP contribution in [0.2, 0.25) is 0 Å². The number of hydrogen-bond acceptors (Lipinski definition) is 6. The number of nitriles is 1. The van der Waals surface area contributed by atoms with Crippen LogP contribution < -0.4 is 15.2 Å². The molecule has 31 heavy (non-hydrogen) atoms. The number of carbonyl (C=O) groups is 1. The van der Waals surface area contributed by atoms with Crippen LogP contribution in [0, 0.1) is 16.7 Å². The van der Waals surface area contributed by atoms with Crippen molar-refractivity contribution in [1.82, 2.24) is 9.97 Å². The van der Waals surface area contributed by atoms with E-state index in [4.69, 9.17) is 4.74 Å². The summed E-state index contributed by atoms with van der Waals surface area (Å²) in [5.74, 6) is -0.0573. The van der Waals surface area contributed by atoms with Gasteiger partial charge in [0, 0.05) is 19.2 Å². The number of piperidine rings is 1. The Hall–Kier alpha value is -3.86. The van der Waals surface area contributed by atoms with Crippen LogP contribution in [0.15, 0.2) is 47.3 Å². The van der Waals surface area contributed by atoms with Crippen LogP contribution in [0.4, 0.5) is 5.95 Å². The Morgan fingerprint density at radius 1 is 1.29 bits per heavy atom. The van der Waals surface area contributed by atoms with Crippen molar-refractivity contribution in [3.05, 3.63) is 63.9 Å². The van der Waals surface area contributed by atoms with E-state index in [-0.39, 0.29) is 11.1 Å². The summed E-state index contributed by atoms with van der Waals surface area (Å²) in [5, 5.41) is 19.5. The quantitative estimate of drug-likeness (QED) is 0.654. The Bertz CT molecular complexity index is 1220. The number of nitrogens with zero attached hydrogens (tertiary/aromatic N) is 3. The van der Waals surface area contributed by atoms with Crippen molar-refractivity contribution in [1.29, 1.82) is 5.26 Å². The zero-order chi connectivity index (χ0) is 22.0. The lowest BCUT2D eigenvalue weighted by Gasteiger charge is -2.39. The molecule has 1 saturated heterocycles. The van der Waals surface area contributed by atoms with Gasteiger partial charge in [0.2, 0.25) is 5.95 Å². The molecule has 0 spiro atoms. The Morgan fingerprint density at radius 3 is 2.61 bits per heavy atom. The van der Waals surface area contributed by atoms with E-state index < -0.39 is 11.4 Å². The SMILES string of the molecule is COc1cc2nc(N3CCC(Cc4ccccc4)(C(=O)O)CC3)[nH]c(=O)c2cc1C#N. The van der Waals surface area contributed by atoms with Gasteiger partial charge in [-0.1, -0.05) is 30.3 Å². The number of anilines is 1. The number of H-pyrrole nitrogens is 1. The lowest BCUT2D eigenvalue weighted by Crippen LogP contribution is -2.46. The van der Waals surface area contributed by atoms with Crippen LogP contribution in [0.5, 0.6) is 5.75 Å². The normalized spacial score (nSPS) is 15.4. The number of ether oxygens (including phenoxy) is 1. The van der Waals surface area contributed by atoms with Crippen molar-refractivity contribution in [2.45, 2.75) is 19.3 Å². The molecule has 2 heterocycles. The lowest BCUT2D eigenvalue weighted by molar-refractivity contribution is -0.150. The highest BCUT2D eigenvalue weighted by Gasteiger charge is 2.42. The summed E-state index contributed by atoms with van der Waals surface area (Å²) >= 11 is 0. The van der Waals surface area contributed by atoms with E-state index in [1.165, 1.54) is 13.2 Å². The van der Waals surface area contributed by atoms with Crippen molar-refractivity contribution in [2.24, 2.45) is 5.41 Å². The number of aromatic amines is 1. The largest absolute Gasteiger partial charge is 0.495 e. The topological polar surface area (TPSA) is 119 Å². The first kappa shape index (κ1) is 20.4. The Morgan fingerprint density at radius 2 is 2.00 bits per heavy atom. The number of methoxy groups -OCH3 is 1. The molecule has 0 aliphatic carbocycles. The zero-order valence-corrected chi connectivity index (χ0v) is 17.1. The van der Waals surface area contributed by atoms with Gasteiger partial charge in [0.25, 0.3) is 5.56 Å². The smallest absolute Gasteiger partial charge is 0.310 e. The van der Waals surface area contributed by atoms with Gasteiger partial charge in [0.05, 0.1) is 29.0 Å². The first-order valence-electron chi connectivity index (χ1n) is 10.0. The Kier molecular flexibility index (Phi) is 5.34. The maximum absolute atomic E-state index is 12.6. The first-order valence-corrected chi connectivity index (χ1v) is 10.0. The molecule has 0 atom stereocenters. The molecule has 8 nitrogen and oxygen atoms in total. The van der Waals surface area contributed by atoms with Gasteiger partial charge in [-0.2, -0.15) is 5.26 Å². The van der Waals surface area contributed by atoms with E-state index in [9.17, 15) is 20.0 Å². The predicted octanol–water partition coefficient (Wildman–Crippen LogP) is 2.72. The summed E-state index contributed by atoms with van der Waals surface area (Å²) in [6.07, 6.45) is 1.35. The summed E-state index contributed by atoms with van der Waals surface area (Å²) < 4.78 is 5.23. The molecule has 1 aromatic heterocycles. The molecule has 1 aliphatic heterocycles. The van der Waals surface area contributed by atoms with Crippen LogP contribution in [-0.2, 0) is 11.2 Å². The first-order chi connectivity index (χ1) is 15.0. The van der Waals surface area contributed by atoms with Crippen LogP contribution >= 0.6 is 0 Å². The molecule has 0 amide bonds. The highest BCUT2D eigenvalue weighted by Crippen LogP contribution is 2.36. The average molecular weight is 418 g/mol. The van der Waals surface area contributed by atoms with Crippen LogP contribution in [-0.4, -0.2) is 41.2 Å². The van der Waals surface area contributed by atoms with E-state index >= 15 is 0 Å². The van der Waals surface area contributed by atoms with Crippen LogP contribution in [0.3, 0.4) is 0 Å². The highest BCUT2D eigenvalue weighted by atomic mass is 16.5. The zero-order valence-electron chi connectivity index (χ0n) is 17.1. The molecule has 0 unspecified atom stereocenters. The highest BCUT2D eigenvalue weighted by molar-refractivity contribution is 5.82. The molecule has 2 aromatic carbocycles. The predicted molar refractivity (Wildman–Crippen MR) is 115 cm³/mol. The summed E-state index contributed by atoms with van der Waals surface area (Å²) in [6, 6.07) is 14.7. The number of carboxylic acids is 1. The van der Waals surface area contributed by atoms with Crippen LogP contribution in [0.25, 0.3) is 10.9 Å². The minimum absolute atomic E-state index is 0.264. The Labute approximate surface area is 178 Å². The number of nitrogens with one attached hydrogen (secondary N) is 1. The lowest BCUT2D eigenvalue weighted by atomic mass is 9.74. The molecule has 1 fully saturated rings. The summed E-state index contributed by atoms with van der Waals surface area (Å²) in [5.41, 5.74) is 0.489. The second kappa shape index (κ2) is 8.11.